The van der Waals surface area contributed by atoms with E-state index in [1.54, 1.807) is 7.11 Å². The molecular formula is C10H13NO. The highest BCUT2D eigenvalue weighted by Gasteiger charge is 1.90. The maximum atomic E-state index is 4.97. The van der Waals surface area contributed by atoms with Gasteiger partial charge in [-0.25, -0.2) is 0 Å². The number of aliphatic imine (C=N–C) groups is 1. The second-order valence-electron chi connectivity index (χ2n) is 2.52. The Morgan fingerprint density at radius 3 is 2.58 bits per heavy atom. The van der Waals surface area contributed by atoms with Crippen LogP contribution < -0.4 is 0 Å². The summed E-state index contributed by atoms with van der Waals surface area (Å²) in [6, 6.07) is 9.96. The Morgan fingerprint density at radius 2 is 2.00 bits per heavy atom. The molecule has 1 aromatic carbocycles. The summed E-state index contributed by atoms with van der Waals surface area (Å²) in [5.41, 5.74) is 1.10. The van der Waals surface area contributed by atoms with Crippen LogP contribution in [0.3, 0.4) is 0 Å². The summed E-state index contributed by atoms with van der Waals surface area (Å²) >= 11 is 0. The Balaban J connectivity index is 2.58. The lowest BCUT2D eigenvalue weighted by atomic mass is 10.2. The van der Waals surface area contributed by atoms with E-state index in [1.165, 1.54) is 0 Å². The molecule has 0 spiro atoms. The largest absolute Gasteiger partial charge is 0.360 e. The summed E-state index contributed by atoms with van der Waals surface area (Å²) in [4.78, 5) is 4.17. The standard InChI is InChI=1S/C10H13NO/c1-9(12-2)11-8-10-6-4-3-5-7-10/h3-9H,1-2H3. The first-order valence-electron chi connectivity index (χ1n) is 3.94. The Morgan fingerprint density at radius 1 is 1.33 bits per heavy atom. The van der Waals surface area contributed by atoms with Crippen molar-refractivity contribution < 1.29 is 4.74 Å². The summed E-state index contributed by atoms with van der Waals surface area (Å²) < 4.78 is 4.97. The van der Waals surface area contributed by atoms with Crippen molar-refractivity contribution in [3.8, 4) is 0 Å². The number of rotatable bonds is 3. The van der Waals surface area contributed by atoms with Gasteiger partial charge in [0.2, 0.25) is 0 Å². The molecule has 0 radical (unpaired) electrons. The molecule has 2 heteroatoms. The molecule has 0 N–H and O–H groups in total. The van der Waals surface area contributed by atoms with Gasteiger partial charge in [-0.3, -0.25) is 4.99 Å². The third-order valence-corrected chi connectivity index (χ3v) is 1.57. The molecule has 1 rings (SSSR count). The lowest BCUT2D eigenvalue weighted by molar-refractivity contribution is 0.127. The van der Waals surface area contributed by atoms with Gasteiger partial charge < -0.3 is 4.74 Å². The van der Waals surface area contributed by atoms with Crippen molar-refractivity contribution in [2.75, 3.05) is 7.11 Å². The van der Waals surface area contributed by atoms with Crippen LogP contribution in [0.25, 0.3) is 0 Å². The maximum Gasteiger partial charge on any atom is 0.145 e. The van der Waals surface area contributed by atoms with Crippen LogP contribution in [0.4, 0.5) is 0 Å². The Hall–Kier alpha value is -1.15. The fraction of sp³-hybridized carbons (Fsp3) is 0.300. The third-order valence-electron chi connectivity index (χ3n) is 1.57. The van der Waals surface area contributed by atoms with E-state index in [0.717, 1.165) is 5.56 Å². The molecule has 0 heterocycles. The smallest absolute Gasteiger partial charge is 0.145 e. The number of hydrogen-bond donors (Lipinski definition) is 0. The van der Waals surface area contributed by atoms with Crippen LogP contribution in [0, 0.1) is 0 Å². The summed E-state index contributed by atoms with van der Waals surface area (Å²) in [5.74, 6) is 0. The van der Waals surface area contributed by atoms with Crippen LogP contribution in [0.5, 0.6) is 0 Å². The van der Waals surface area contributed by atoms with E-state index in [1.807, 2.05) is 43.5 Å². The molecule has 0 aromatic heterocycles. The lowest BCUT2D eigenvalue weighted by Gasteiger charge is -2.00. The van der Waals surface area contributed by atoms with Crippen molar-refractivity contribution in [3.05, 3.63) is 35.9 Å². The number of hydrogen-bond acceptors (Lipinski definition) is 2. The maximum absolute atomic E-state index is 4.97. The Labute approximate surface area is 72.9 Å². The second kappa shape index (κ2) is 4.67. The van der Waals surface area contributed by atoms with Crippen molar-refractivity contribution in [1.82, 2.24) is 0 Å². The zero-order valence-electron chi connectivity index (χ0n) is 7.40. The van der Waals surface area contributed by atoms with Crippen molar-refractivity contribution in [3.63, 3.8) is 0 Å². The SMILES string of the molecule is COC(C)N=Cc1ccccc1. The van der Waals surface area contributed by atoms with E-state index in [-0.39, 0.29) is 6.23 Å². The molecule has 0 bridgehead atoms. The van der Waals surface area contributed by atoms with E-state index in [0.29, 0.717) is 0 Å². The topological polar surface area (TPSA) is 21.6 Å². The highest BCUT2D eigenvalue weighted by atomic mass is 16.5. The average Bonchev–Trinajstić information content (AvgIpc) is 2.16. The molecule has 0 fully saturated rings. The van der Waals surface area contributed by atoms with Crippen LogP contribution in [0.2, 0.25) is 0 Å². The molecule has 0 aliphatic heterocycles. The van der Waals surface area contributed by atoms with Crippen molar-refractivity contribution in [2.24, 2.45) is 4.99 Å². The molecule has 0 saturated heterocycles. The van der Waals surface area contributed by atoms with Gasteiger partial charge in [-0.2, -0.15) is 0 Å². The van der Waals surface area contributed by atoms with Gasteiger partial charge in [0.05, 0.1) is 0 Å². The van der Waals surface area contributed by atoms with Crippen LogP contribution >= 0.6 is 0 Å². The summed E-state index contributed by atoms with van der Waals surface area (Å²) in [6.45, 7) is 1.90. The number of methoxy groups -OCH3 is 1. The first-order chi connectivity index (χ1) is 5.83. The predicted molar refractivity (Wildman–Crippen MR) is 50.5 cm³/mol. The van der Waals surface area contributed by atoms with E-state index in [4.69, 9.17) is 4.74 Å². The molecule has 0 saturated carbocycles. The van der Waals surface area contributed by atoms with Crippen LogP contribution in [-0.2, 0) is 4.74 Å². The summed E-state index contributed by atoms with van der Waals surface area (Å²) in [5, 5.41) is 0. The van der Waals surface area contributed by atoms with Gasteiger partial charge >= 0.3 is 0 Å². The number of ether oxygens (including phenoxy) is 1. The predicted octanol–water partition coefficient (Wildman–Crippen LogP) is 2.10. The van der Waals surface area contributed by atoms with Gasteiger partial charge in [0.15, 0.2) is 0 Å². The van der Waals surface area contributed by atoms with Gasteiger partial charge in [-0.05, 0) is 12.5 Å². The fourth-order valence-electron chi connectivity index (χ4n) is 0.791. The lowest BCUT2D eigenvalue weighted by Crippen LogP contribution is -2.00. The van der Waals surface area contributed by atoms with E-state index < -0.39 is 0 Å². The normalized spacial score (nSPS) is 13.5. The average molecular weight is 163 g/mol. The summed E-state index contributed by atoms with van der Waals surface area (Å²) in [6.07, 6.45) is 1.75. The van der Waals surface area contributed by atoms with Crippen molar-refractivity contribution in [2.45, 2.75) is 13.2 Å². The molecule has 1 atom stereocenters. The molecule has 0 aliphatic carbocycles. The molecule has 1 aromatic rings. The Kier molecular flexibility index (Phi) is 3.48. The zero-order valence-corrected chi connectivity index (χ0v) is 7.40. The first-order valence-corrected chi connectivity index (χ1v) is 3.94. The van der Waals surface area contributed by atoms with E-state index in [9.17, 15) is 0 Å². The fourth-order valence-corrected chi connectivity index (χ4v) is 0.791. The molecule has 0 amide bonds. The van der Waals surface area contributed by atoms with Gasteiger partial charge in [0, 0.05) is 13.3 Å². The molecule has 1 unspecified atom stereocenters. The zero-order chi connectivity index (χ0) is 8.81. The first kappa shape index (κ1) is 8.94. The van der Waals surface area contributed by atoms with Crippen molar-refractivity contribution >= 4 is 6.21 Å². The van der Waals surface area contributed by atoms with Crippen LogP contribution in [-0.4, -0.2) is 19.6 Å². The highest BCUT2D eigenvalue weighted by Crippen LogP contribution is 1.96. The van der Waals surface area contributed by atoms with Crippen molar-refractivity contribution in [1.29, 1.82) is 0 Å². The van der Waals surface area contributed by atoms with Crippen LogP contribution in [0.1, 0.15) is 12.5 Å². The highest BCUT2D eigenvalue weighted by molar-refractivity contribution is 5.79. The van der Waals surface area contributed by atoms with Gasteiger partial charge in [0.1, 0.15) is 6.23 Å². The minimum Gasteiger partial charge on any atom is -0.360 e. The number of nitrogens with zero attached hydrogens (tertiary/aromatic N) is 1. The monoisotopic (exact) mass is 163 g/mol. The number of benzene rings is 1. The third kappa shape index (κ3) is 2.84. The summed E-state index contributed by atoms with van der Waals surface area (Å²) in [7, 11) is 1.65. The van der Waals surface area contributed by atoms with Crippen LogP contribution in [0.15, 0.2) is 35.3 Å². The van der Waals surface area contributed by atoms with Gasteiger partial charge in [-0.15, -0.1) is 0 Å². The van der Waals surface area contributed by atoms with Gasteiger partial charge in [-0.1, -0.05) is 30.3 Å². The van der Waals surface area contributed by atoms with E-state index in [2.05, 4.69) is 4.99 Å². The molecule has 64 valence electrons. The Bertz CT molecular complexity index is 243. The molecular weight excluding hydrogens is 150 g/mol. The molecule has 12 heavy (non-hydrogen) atoms. The van der Waals surface area contributed by atoms with Gasteiger partial charge in [0.25, 0.3) is 0 Å². The minimum atomic E-state index is -0.0646. The quantitative estimate of drug-likeness (QED) is 0.625. The molecule has 2 nitrogen and oxygen atoms in total. The van der Waals surface area contributed by atoms with E-state index >= 15 is 0 Å². The minimum absolute atomic E-state index is 0.0646. The second-order valence-corrected chi connectivity index (χ2v) is 2.52. The molecule has 0 aliphatic rings.